The fraction of sp³-hybridized carbons (Fsp3) is 0.375. The lowest BCUT2D eigenvalue weighted by molar-refractivity contribution is -0.132. The van der Waals surface area contributed by atoms with Crippen LogP contribution in [0.1, 0.15) is 19.4 Å². The number of carbonyl (C=O) groups excluding carboxylic acids is 7. The fourth-order valence-electron chi connectivity index (χ4n) is 3.37. The highest BCUT2D eigenvalue weighted by atomic mass is 16.2. The van der Waals surface area contributed by atoms with Gasteiger partial charge in [0.1, 0.15) is 12.1 Å². The highest BCUT2D eigenvalue weighted by Gasteiger charge is 2.26. The van der Waals surface area contributed by atoms with Crippen molar-refractivity contribution in [2.45, 2.75) is 32.4 Å². The van der Waals surface area contributed by atoms with Gasteiger partial charge in [0.05, 0.1) is 26.2 Å². The molecule has 0 saturated carbocycles. The number of fused-ring (bicyclic) bond motifs is 1. The van der Waals surface area contributed by atoms with Crippen molar-refractivity contribution in [3.05, 3.63) is 36.0 Å². The first-order valence-electron chi connectivity index (χ1n) is 11.9. The lowest BCUT2D eigenvalue weighted by atomic mass is 10.0. The summed E-state index contributed by atoms with van der Waals surface area (Å²) in [5, 5.41) is 15.1. The number of amides is 7. The van der Waals surface area contributed by atoms with Crippen molar-refractivity contribution in [2.24, 2.45) is 5.73 Å². The molecule has 1 aromatic heterocycles. The number of primary amides is 1. The Balaban J connectivity index is 2.03. The largest absolute Gasteiger partial charge is 0.368 e. The summed E-state index contributed by atoms with van der Waals surface area (Å²) in [5.74, 6) is -4.43. The van der Waals surface area contributed by atoms with E-state index in [2.05, 4.69) is 36.9 Å². The topological polar surface area (TPSA) is 233 Å². The number of hydrogen-bond donors (Lipinski definition) is 8. The van der Waals surface area contributed by atoms with Crippen molar-refractivity contribution < 1.29 is 33.6 Å². The summed E-state index contributed by atoms with van der Waals surface area (Å²) in [4.78, 5) is 86.2. The van der Waals surface area contributed by atoms with E-state index < -0.39 is 66.5 Å². The van der Waals surface area contributed by atoms with Gasteiger partial charge in [-0.25, -0.2) is 0 Å². The Morgan fingerprint density at radius 3 is 2.08 bits per heavy atom. The monoisotopic (exact) mass is 544 g/mol. The van der Waals surface area contributed by atoms with Gasteiger partial charge in [0.15, 0.2) is 0 Å². The summed E-state index contributed by atoms with van der Waals surface area (Å²) in [5.41, 5.74) is 6.49. The van der Waals surface area contributed by atoms with Gasteiger partial charge in [-0.2, -0.15) is 0 Å². The number of hydrogen-bond acceptors (Lipinski definition) is 7. The minimum atomic E-state index is -1.13. The van der Waals surface area contributed by atoms with Crippen molar-refractivity contribution in [1.29, 1.82) is 0 Å². The molecule has 2 atom stereocenters. The molecular formula is C24H32N8O7. The van der Waals surface area contributed by atoms with E-state index in [9.17, 15) is 33.6 Å². The van der Waals surface area contributed by atoms with Crippen LogP contribution in [0, 0.1) is 0 Å². The number of nitrogens with two attached hydrogens (primary N) is 1. The second-order valence-electron chi connectivity index (χ2n) is 8.56. The van der Waals surface area contributed by atoms with Crippen LogP contribution in [-0.2, 0) is 40.0 Å². The maximum absolute atomic E-state index is 13.1. The molecule has 9 N–H and O–H groups in total. The number of aromatic amines is 1. The first kappa shape index (κ1) is 30.3. The van der Waals surface area contributed by atoms with Gasteiger partial charge in [-0.1, -0.05) is 18.2 Å². The number of para-hydroxylation sites is 1. The maximum Gasteiger partial charge on any atom is 0.243 e. The zero-order chi connectivity index (χ0) is 28.9. The number of H-pyrrole nitrogens is 1. The smallest absolute Gasteiger partial charge is 0.243 e. The van der Waals surface area contributed by atoms with Crippen LogP contribution in [0.3, 0.4) is 0 Å². The van der Waals surface area contributed by atoms with Gasteiger partial charge in [0.25, 0.3) is 0 Å². The van der Waals surface area contributed by atoms with E-state index in [1.54, 1.807) is 6.20 Å². The maximum atomic E-state index is 13.1. The van der Waals surface area contributed by atoms with E-state index in [0.29, 0.717) is 0 Å². The van der Waals surface area contributed by atoms with Gasteiger partial charge < -0.3 is 42.6 Å². The van der Waals surface area contributed by atoms with Crippen molar-refractivity contribution in [3.63, 3.8) is 0 Å². The normalized spacial score (nSPS) is 11.9. The highest BCUT2D eigenvalue weighted by Crippen LogP contribution is 2.19. The minimum Gasteiger partial charge on any atom is -0.368 e. The molecule has 2 aromatic rings. The standard InChI is InChI=1S/C24H32N8O7/c1-13(23(38)30-11-21(36)28-9-19(25)34)31-24(39)18(7-15-8-27-17-6-4-3-5-16(15)17)32-22(37)12-29-20(35)10-26-14(2)33/h3-6,8,13,18,27H,7,9-12H2,1-2H3,(H2,25,34)(H,26,33)(H,28,36)(H,29,35)(H,30,38)(H,31,39)(H,32,37)/t13-,18-/m0/s1. The molecule has 15 heteroatoms. The summed E-state index contributed by atoms with van der Waals surface area (Å²) in [7, 11) is 0. The molecule has 7 amide bonds. The Hall–Kier alpha value is -4.95. The fourth-order valence-corrected chi connectivity index (χ4v) is 3.37. The van der Waals surface area contributed by atoms with Crippen molar-refractivity contribution in [3.8, 4) is 0 Å². The van der Waals surface area contributed by atoms with Crippen LogP contribution < -0.4 is 37.6 Å². The Morgan fingerprint density at radius 1 is 0.795 bits per heavy atom. The van der Waals surface area contributed by atoms with Crippen LogP contribution in [-0.4, -0.2) is 84.6 Å². The van der Waals surface area contributed by atoms with Gasteiger partial charge in [0.2, 0.25) is 41.4 Å². The van der Waals surface area contributed by atoms with Crippen LogP contribution in [0.2, 0.25) is 0 Å². The van der Waals surface area contributed by atoms with Gasteiger partial charge in [0, 0.05) is 30.4 Å². The van der Waals surface area contributed by atoms with E-state index in [0.717, 1.165) is 16.5 Å². The van der Waals surface area contributed by atoms with Crippen LogP contribution >= 0.6 is 0 Å². The molecule has 0 aliphatic carbocycles. The number of carbonyl (C=O) groups is 7. The minimum absolute atomic E-state index is 0.0608. The first-order valence-corrected chi connectivity index (χ1v) is 11.9. The third-order valence-corrected chi connectivity index (χ3v) is 5.33. The second-order valence-corrected chi connectivity index (χ2v) is 8.56. The average molecular weight is 545 g/mol. The SMILES string of the molecule is CC(=O)NCC(=O)NCC(=O)N[C@@H](Cc1c[nH]c2ccccc12)C(=O)N[C@@H](C)C(=O)NCC(=O)NCC(N)=O. The van der Waals surface area contributed by atoms with Crippen molar-refractivity contribution in [2.75, 3.05) is 26.2 Å². The predicted molar refractivity (Wildman–Crippen MR) is 138 cm³/mol. The molecule has 2 rings (SSSR count). The number of rotatable bonds is 14. The van der Waals surface area contributed by atoms with Gasteiger partial charge in [-0.05, 0) is 18.6 Å². The Kier molecular flexibility index (Phi) is 11.4. The second kappa shape index (κ2) is 14.7. The zero-order valence-corrected chi connectivity index (χ0v) is 21.5. The molecule has 1 heterocycles. The summed E-state index contributed by atoms with van der Waals surface area (Å²) in [6.45, 7) is 1.04. The van der Waals surface area contributed by atoms with Gasteiger partial charge in [-0.15, -0.1) is 0 Å². The molecule has 0 fully saturated rings. The lowest BCUT2D eigenvalue weighted by Crippen LogP contribution is -2.55. The van der Waals surface area contributed by atoms with E-state index >= 15 is 0 Å². The number of benzene rings is 1. The molecule has 1 aromatic carbocycles. The average Bonchev–Trinajstić information content (AvgIpc) is 3.30. The summed E-state index contributed by atoms with van der Waals surface area (Å²) in [6.07, 6.45) is 1.76. The molecule has 0 unspecified atom stereocenters. The summed E-state index contributed by atoms with van der Waals surface area (Å²) >= 11 is 0. The summed E-state index contributed by atoms with van der Waals surface area (Å²) < 4.78 is 0. The zero-order valence-electron chi connectivity index (χ0n) is 21.5. The molecule has 0 saturated heterocycles. The first-order chi connectivity index (χ1) is 18.5. The van der Waals surface area contributed by atoms with E-state index in [-0.39, 0.29) is 19.5 Å². The number of aromatic nitrogens is 1. The number of nitrogens with one attached hydrogen (secondary N) is 7. The molecular weight excluding hydrogens is 512 g/mol. The Morgan fingerprint density at radius 2 is 1.41 bits per heavy atom. The third-order valence-electron chi connectivity index (χ3n) is 5.33. The summed E-state index contributed by atoms with van der Waals surface area (Å²) in [6, 6.07) is 5.15. The van der Waals surface area contributed by atoms with Gasteiger partial charge in [-0.3, -0.25) is 33.6 Å². The van der Waals surface area contributed by atoms with Crippen molar-refractivity contribution >= 4 is 52.3 Å². The molecule has 39 heavy (non-hydrogen) atoms. The molecule has 15 nitrogen and oxygen atoms in total. The molecule has 0 aliphatic heterocycles. The Labute approximate surface area is 223 Å². The molecule has 0 bridgehead atoms. The third kappa shape index (κ3) is 10.5. The highest BCUT2D eigenvalue weighted by molar-refractivity contribution is 5.95. The molecule has 0 aliphatic rings. The van der Waals surface area contributed by atoms with Crippen LogP contribution in [0.5, 0.6) is 0 Å². The van der Waals surface area contributed by atoms with E-state index in [1.807, 2.05) is 24.3 Å². The van der Waals surface area contributed by atoms with Crippen LogP contribution in [0.4, 0.5) is 0 Å². The lowest BCUT2D eigenvalue weighted by Gasteiger charge is -2.21. The van der Waals surface area contributed by atoms with Crippen molar-refractivity contribution in [1.82, 2.24) is 36.9 Å². The predicted octanol–water partition coefficient (Wildman–Crippen LogP) is -3.33. The molecule has 210 valence electrons. The van der Waals surface area contributed by atoms with Crippen LogP contribution in [0.15, 0.2) is 30.5 Å². The molecule has 0 spiro atoms. The van der Waals surface area contributed by atoms with Crippen LogP contribution in [0.25, 0.3) is 10.9 Å². The quantitative estimate of drug-likeness (QED) is 0.120. The van der Waals surface area contributed by atoms with E-state index in [1.165, 1.54) is 13.8 Å². The Bertz CT molecular complexity index is 1240. The molecule has 0 radical (unpaired) electrons. The van der Waals surface area contributed by atoms with E-state index in [4.69, 9.17) is 5.73 Å². The van der Waals surface area contributed by atoms with Gasteiger partial charge >= 0.3 is 0 Å².